The van der Waals surface area contributed by atoms with Crippen LogP contribution in [0, 0.1) is 19.7 Å². The highest BCUT2D eigenvalue weighted by Gasteiger charge is 2.33. The van der Waals surface area contributed by atoms with E-state index in [1.165, 1.54) is 19.2 Å². The van der Waals surface area contributed by atoms with Gasteiger partial charge in [0.1, 0.15) is 5.82 Å². The van der Waals surface area contributed by atoms with Gasteiger partial charge in [0.15, 0.2) is 0 Å². The van der Waals surface area contributed by atoms with Crippen molar-refractivity contribution in [2.75, 3.05) is 13.6 Å². The number of hydrogen-bond donors (Lipinski definition) is 2. The molecular formula is C23H27FN2O3. The van der Waals surface area contributed by atoms with E-state index in [2.05, 4.69) is 5.32 Å². The van der Waals surface area contributed by atoms with E-state index in [1.807, 2.05) is 19.9 Å². The molecule has 0 bridgehead atoms. The highest BCUT2D eigenvalue weighted by Crippen LogP contribution is 2.32. The number of aliphatic hydroxyl groups is 1. The smallest absolute Gasteiger partial charge is 0.254 e. The Morgan fingerprint density at radius 2 is 1.93 bits per heavy atom. The summed E-state index contributed by atoms with van der Waals surface area (Å²) in [5, 5.41) is 12.5. The van der Waals surface area contributed by atoms with Crippen LogP contribution in [0.15, 0.2) is 24.3 Å². The van der Waals surface area contributed by atoms with Crippen molar-refractivity contribution in [3.8, 4) is 0 Å². The quantitative estimate of drug-likeness (QED) is 0.813. The van der Waals surface area contributed by atoms with Gasteiger partial charge in [0.05, 0.1) is 11.2 Å². The highest BCUT2D eigenvalue weighted by molar-refractivity contribution is 5.99. The Hall–Kier alpha value is -2.73. The lowest BCUT2D eigenvalue weighted by molar-refractivity contribution is 0.0314. The molecule has 29 heavy (non-hydrogen) atoms. The molecule has 1 aliphatic rings. The van der Waals surface area contributed by atoms with Crippen LogP contribution in [0.1, 0.15) is 62.4 Å². The number of carbonyl (C=O) groups excluding carboxylic acids is 2. The molecule has 5 nitrogen and oxygen atoms in total. The molecule has 2 aromatic carbocycles. The van der Waals surface area contributed by atoms with Crippen molar-refractivity contribution in [3.05, 3.63) is 69.0 Å². The second kappa shape index (κ2) is 7.59. The molecule has 6 heteroatoms. The summed E-state index contributed by atoms with van der Waals surface area (Å²) in [7, 11) is 1.46. The van der Waals surface area contributed by atoms with Crippen molar-refractivity contribution in [1.82, 2.24) is 10.2 Å². The van der Waals surface area contributed by atoms with Gasteiger partial charge in [0.25, 0.3) is 11.8 Å². The number of hydrogen-bond acceptors (Lipinski definition) is 3. The molecule has 0 saturated heterocycles. The van der Waals surface area contributed by atoms with Gasteiger partial charge in [-0.2, -0.15) is 0 Å². The number of nitrogens with zero attached hydrogens (tertiary/aromatic N) is 1. The first-order valence-electron chi connectivity index (χ1n) is 9.66. The molecule has 3 rings (SSSR count). The summed E-state index contributed by atoms with van der Waals surface area (Å²) in [4.78, 5) is 26.2. The SMILES string of the molecule is CNC(=O)c1ccc(Cc2cc3c(c(C)c2C)CN(CC(C)(C)O)C3=O)cc1F. The summed E-state index contributed by atoms with van der Waals surface area (Å²) in [6.07, 6.45) is 0.462. The Morgan fingerprint density at radius 3 is 2.52 bits per heavy atom. The Labute approximate surface area is 170 Å². The second-order valence-electron chi connectivity index (χ2n) is 8.36. The zero-order valence-electron chi connectivity index (χ0n) is 17.5. The van der Waals surface area contributed by atoms with E-state index in [4.69, 9.17) is 0 Å². The van der Waals surface area contributed by atoms with Crippen LogP contribution < -0.4 is 5.32 Å². The minimum atomic E-state index is -0.965. The van der Waals surface area contributed by atoms with Crippen LogP contribution in [-0.4, -0.2) is 41.0 Å². The van der Waals surface area contributed by atoms with E-state index >= 15 is 0 Å². The summed E-state index contributed by atoms with van der Waals surface area (Å²) in [6.45, 7) is 8.12. The fourth-order valence-corrected chi connectivity index (χ4v) is 3.85. The lowest BCUT2D eigenvalue weighted by Gasteiger charge is -2.25. The summed E-state index contributed by atoms with van der Waals surface area (Å²) in [5.41, 5.74) is 4.48. The molecule has 0 spiro atoms. The maximum Gasteiger partial charge on any atom is 0.254 e. The predicted octanol–water partition coefficient (Wildman–Crippen LogP) is 3.12. The number of amides is 2. The largest absolute Gasteiger partial charge is 0.389 e. The first-order chi connectivity index (χ1) is 13.5. The third kappa shape index (κ3) is 4.17. The Morgan fingerprint density at radius 1 is 1.24 bits per heavy atom. The number of halogens is 1. The van der Waals surface area contributed by atoms with Crippen LogP contribution in [-0.2, 0) is 13.0 Å². The van der Waals surface area contributed by atoms with E-state index in [0.717, 1.165) is 27.8 Å². The highest BCUT2D eigenvalue weighted by atomic mass is 19.1. The summed E-state index contributed by atoms with van der Waals surface area (Å²) in [6, 6.07) is 6.47. The lowest BCUT2D eigenvalue weighted by atomic mass is 9.91. The predicted molar refractivity (Wildman–Crippen MR) is 110 cm³/mol. The molecule has 0 aromatic heterocycles. The van der Waals surface area contributed by atoms with Gasteiger partial charge < -0.3 is 15.3 Å². The minimum absolute atomic E-state index is 0.00976. The van der Waals surface area contributed by atoms with Crippen LogP contribution in [0.5, 0.6) is 0 Å². The molecule has 0 aliphatic carbocycles. The maximum atomic E-state index is 14.3. The normalized spacial score (nSPS) is 13.6. The van der Waals surface area contributed by atoms with Gasteiger partial charge in [-0.25, -0.2) is 4.39 Å². The Balaban J connectivity index is 1.92. The summed E-state index contributed by atoms with van der Waals surface area (Å²) in [5.74, 6) is -1.12. The third-order valence-electron chi connectivity index (χ3n) is 5.48. The Bertz CT molecular complexity index is 993. The van der Waals surface area contributed by atoms with Crippen molar-refractivity contribution in [2.24, 2.45) is 0 Å². The van der Waals surface area contributed by atoms with Gasteiger partial charge in [0.2, 0.25) is 0 Å². The monoisotopic (exact) mass is 398 g/mol. The molecule has 2 amide bonds. The Kier molecular flexibility index (Phi) is 5.50. The first kappa shape index (κ1) is 21.0. The van der Waals surface area contributed by atoms with Gasteiger partial charge in [-0.05, 0) is 80.1 Å². The van der Waals surface area contributed by atoms with E-state index in [1.54, 1.807) is 24.8 Å². The van der Waals surface area contributed by atoms with Crippen molar-refractivity contribution in [1.29, 1.82) is 0 Å². The van der Waals surface area contributed by atoms with Crippen molar-refractivity contribution in [3.63, 3.8) is 0 Å². The molecule has 1 heterocycles. The molecule has 1 aliphatic heterocycles. The van der Waals surface area contributed by atoms with Crippen LogP contribution >= 0.6 is 0 Å². The fraction of sp³-hybridized carbons (Fsp3) is 0.391. The van der Waals surface area contributed by atoms with E-state index in [9.17, 15) is 19.1 Å². The number of rotatable bonds is 5. The van der Waals surface area contributed by atoms with Gasteiger partial charge in [-0.3, -0.25) is 9.59 Å². The molecular weight excluding hydrogens is 371 g/mol. The summed E-state index contributed by atoms with van der Waals surface area (Å²) < 4.78 is 14.3. The number of β-amino-alcohol motifs (C(OH)–C–C–N with tert-alkyl or cyclic N) is 1. The number of fused-ring (bicyclic) bond motifs is 1. The molecule has 0 atom stereocenters. The molecule has 0 saturated carbocycles. The number of benzene rings is 2. The van der Waals surface area contributed by atoms with Gasteiger partial charge in [-0.15, -0.1) is 0 Å². The topological polar surface area (TPSA) is 69.6 Å². The second-order valence-corrected chi connectivity index (χ2v) is 8.36. The first-order valence-corrected chi connectivity index (χ1v) is 9.66. The van der Waals surface area contributed by atoms with Gasteiger partial charge >= 0.3 is 0 Å². The number of nitrogens with one attached hydrogen (secondary N) is 1. The maximum absolute atomic E-state index is 14.3. The van der Waals surface area contributed by atoms with E-state index in [0.29, 0.717) is 18.5 Å². The average Bonchev–Trinajstić information content (AvgIpc) is 2.93. The van der Waals surface area contributed by atoms with Gasteiger partial charge in [-0.1, -0.05) is 6.07 Å². The van der Waals surface area contributed by atoms with Crippen molar-refractivity contribution < 1.29 is 19.1 Å². The molecule has 0 unspecified atom stereocenters. The van der Waals surface area contributed by atoms with Gasteiger partial charge in [0, 0.05) is 25.7 Å². The molecule has 0 fully saturated rings. The molecule has 0 radical (unpaired) electrons. The zero-order valence-corrected chi connectivity index (χ0v) is 17.5. The molecule has 154 valence electrons. The summed E-state index contributed by atoms with van der Waals surface area (Å²) >= 11 is 0. The van der Waals surface area contributed by atoms with Crippen LogP contribution in [0.4, 0.5) is 4.39 Å². The van der Waals surface area contributed by atoms with Crippen LogP contribution in [0.3, 0.4) is 0 Å². The fourth-order valence-electron chi connectivity index (χ4n) is 3.85. The van der Waals surface area contributed by atoms with E-state index in [-0.39, 0.29) is 18.0 Å². The van der Waals surface area contributed by atoms with E-state index < -0.39 is 17.3 Å². The van der Waals surface area contributed by atoms with Crippen molar-refractivity contribution >= 4 is 11.8 Å². The van der Waals surface area contributed by atoms with Crippen LogP contribution in [0.2, 0.25) is 0 Å². The minimum Gasteiger partial charge on any atom is -0.389 e. The third-order valence-corrected chi connectivity index (χ3v) is 5.48. The standard InChI is InChI=1S/C23H27FN2O3/c1-13-14(2)19-11-26(12-23(3,4)29)22(28)18(19)10-16(13)8-15-6-7-17(20(24)9-15)21(27)25-5/h6-7,9-10,29H,8,11-12H2,1-5H3,(H,25,27). The number of carbonyl (C=O) groups is 2. The molecule has 2 N–H and O–H groups in total. The zero-order chi connectivity index (χ0) is 21.5. The van der Waals surface area contributed by atoms with Crippen molar-refractivity contribution in [2.45, 2.75) is 46.3 Å². The lowest BCUT2D eigenvalue weighted by Crippen LogP contribution is -2.38. The molecule has 2 aromatic rings. The van der Waals surface area contributed by atoms with Crippen LogP contribution in [0.25, 0.3) is 0 Å². The average molecular weight is 398 g/mol.